The van der Waals surface area contributed by atoms with E-state index in [1.807, 2.05) is 36.4 Å². The lowest BCUT2D eigenvalue weighted by atomic mass is 10.0. The molecule has 0 spiro atoms. The molecular formula is C17H16N2O2S2. The standard InChI is InChI=1S/C17H16N2O2S2/c1-23(20,21)15-8-13(12-5-3-2-4-6-12)7-14(9-15)16-11-19-17(10-18)22-16/h2-9,11H,10,18H2,1H3. The Labute approximate surface area is 139 Å². The average molecular weight is 344 g/mol. The van der Waals surface area contributed by atoms with Crippen molar-refractivity contribution in [2.24, 2.45) is 5.73 Å². The van der Waals surface area contributed by atoms with Crippen LogP contribution in [0.3, 0.4) is 0 Å². The summed E-state index contributed by atoms with van der Waals surface area (Å²) in [4.78, 5) is 5.46. The maximum atomic E-state index is 12.0. The zero-order chi connectivity index (χ0) is 16.4. The minimum Gasteiger partial charge on any atom is -0.325 e. The fraction of sp³-hybridized carbons (Fsp3) is 0.118. The van der Waals surface area contributed by atoms with Crippen molar-refractivity contribution < 1.29 is 8.42 Å². The first kappa shape index (κ1) is 15.9. The first-order valence-corrected chi connectivity index (χ1v) is 9.74. The molecule has 0 bridgehead atoms. The summed E-state index contributed by atoms with van der Waals surface area (Å²) >= 11 is 1.48. The number of benzene rings is 2. The van der Waals surface area contributed by atoms with Crippen molar-refractivity contribution in [3.63, 3.8) is 0 Å². The number of hydrogen-bond acceptors (Lipinski definition) is 5. The van der Waals surface area contributed by atoms with Gasteiger partial charge < -0.3 is 5.73 Å². The molecule has 0 radical (unpaired) electrons. The quantitative estimate of drug-likeness (QED) is 0.788. The van der Waals surface area contributed by atoms with Crippen LogP contribution in [0, 0.1) is 0 Å². The fourth-order valence-electron chi connectivity index (χ4n) is 2.29. The molecule has 0 amide bonds. The Morgan fingerprint density at radius 2 is 1.74 bits per heavy atom. The third-order valence-corrected chi connectivity index (χ3v) is 5.62. The van der Waals surface area contributed by atoms with Gasteiger partial charge in [-0.25, -0.2) is 13.4 Å². The first-order chi connectivity index (χ1) is 11.0. The van der Waals surface area contributed by atoms with Crippen molar-refractivity contribution in [1.29, 1.82) is 0 Å². The summed E-state index contributed by atoms with van der Waals surface area (Å²) in [5.41, 5.74) is 8.29. The summed E-state index contributed by atoms with van der Waals surface area (Å²) in [7, 11) is -3.30. The van der Waals surface area contributed by atoms with Crippen LogP contribution in [0.2, 0.25) is 0 Å². The number of hydrogen-bond donors (Lipinski definition) is 1. The van der Waals surface area contributed by atoms with E-state index in [4.69, 9.17) is 5.73 Å². The van der Waals surface area contributed by atoms with Crippen LogP contribution in [0.5, 0.6) is 0 Å². The Hall–Kier alpha value is -2.02. The molecule has 0 aliphatic rings. The summed E-state index contributed by atoms with van der Waals surface area (Å²) in [5.74, 6) is 0. The van der Waals surface area contributed by atoms with Gasteiger partial charge in [0.2, 0.25) is 0 Å². The van der Waals surface area contributed by atoms with Crippen molar-refractivity contribution in [2.75, 3.05) is 6.26 Å². The zero-order valence-electron chi connectivity index (χ0n) is 12.6. The van der Waals surface area contributed by atoms with E-state index in [9.17, 15) is 8.42 Å². The lowest BCUT2D eigenvalue weighted by Crippen LogP contribution is -1.98. The maximum Gasteiger partial charge on any atom is 0.175 e. The molecule has 0 saturated heterocycles. The molecule has 2 aromatic carbocycles. The van der Waals surface area contributed by atoms with Crippen molar-refractivity contribution >= 4 is 21.2 Å². The number of thiazole rings is 1. The smallest absolute Gasteiger partial charge is 0.175 e. The van der Waals surface area contributed by atoms with Crippen molar-refractivity contribution in [3.8, 4) is 21.6 Å². The molecule has 0 aliphatic carbocycles. The van der Waals surface area contributed by atoms with E-state index in [1.54, 1.807) is 18.3 Å². The summed E-state index contributed by atoms with van der Waals surface area (Å²) in [6.07, 6.45) is 2.96. The fourth-order valence-corrected chi connectivity index (χ4v) is 3.76. The summed E-state index contributed by atoms with van der Waals surface area (Å²) < 4.78 is 24.1. The van der Waals surface area contributed by atoms with Gasteiger partial charge in [-0.2, -0.15) is 0 Å². The minimum atomic E-state index is -3.30. The minimum absolute atomic E-state index is 0.302. The van der Waals surface area contributed by atoms with Gasteiger partial charge in [0, 0.05) is 19.0 Å². The highest BCUT2D eigenvalue weighted by atomic mass is 32.2. The van der Waals surface area contributed by atoms with Gasteiger partial charge in [-0.15, -0.1) is 11.3 Å². The van der Waals surface area contributed by atoms with Gasteiger partial charge in [0.05, 0.1) is 9.77 Å². The third kappa shape index (κ3) is 3.50. The lowest BCUT2D eigenvalue weighted by Gasteiger charge is -2.08. The largest absolute Gasteiger partial charge is 0.325 e. The predicted molar refractivity (Wildman–Crippen MR) is 94.0 cm³/mol. The van der Waals surface area contributed by atoms with E-state index in [2.05, 4.69) is 4.98 Å². The lowest BCUT2D eigenvalue weighted by molar-refractivity contribution is 0.602. The highest BCUT2D eigenvalue weighted by Crippen LogP contribution is 2.32. The van der Waals surface area contributed by atoms with Gasteiger partial charge in [-0.05, 0) is 34.9 Å². The van der Waals surface area contributed by atoms with Crippen LogP contribution >= 0.6 is 11.3 Å². The molecule has 1 aromatic heterocycles. The Morgan fingerprint density at radius 3 is 2.35 bits per heavy atom. The van der Waals surface area contributed by atoms with Gasteiger partial charge in [0.1, 0.15) is 5.01 Å². The Bertz CT molecular complexity index is 932. The molecule has 23 heavy (non-hydrogen) atoms. The van der Waals surface area contributed by atoms with Gasteiger partial charge in [-0.1, -0.05) is 30.3 Å². The highest BCUT2D eigenvalue weighted by molar-refractivity contribution is 7.90. The number of sulfone groups is 1. The maximum absolute atomic E-state index is 12.0. The molecule has 0 saturated carbocycles. The highest BCUT2D eigenvalue weighted by Gasteiger charge is 2.13. The van der Waals surface area contributed by atoms with Crippen LogP contribution in [-0.2, 0) is 16.4 Å². The second-order valence-electron chi connectivity index (χ2n) is 5.21. The van der Waals surface area contributed by atoms with Crippen molar-refractivity contribution in [1.82, 2.24) is 4.98 Å². The molecule has 0 aliphatic heterocycles. The zero-order valence-corrected chi connectivity index (χ0v) is 14.2. The van der Waals surface area contributed by atoms with Gasteiger partial charge in [0.25, 0.3) is 0 Å². The molecule has 4 nitrogen and oxygen atoms in total. The van der Waals surface area contributed by atoms with Crippen LogP contribution in [0.4, 0.5) is 0 Å². The first-order valence-electron chi connectivity index (χ1n) is 7.03. The molecule has 3 rings (SSSR count). The summed E-state index contributed by atoms with van der Waals surface area (Å²) in [6.45, 7) is 0.377. The second kappa shape index (κ2) is 6.23. The third-order valence-electron chi connectivity index (χ3n) is 3.45. The van der Waals surface area contributed by atoms with Crippen LogP contribution in [0.15, 0.2) is 59.6 Å². The topological polar surface area (TPSA) is 73.0 Å². The molecule has 6 heteroatoms. The van der Waals surface area contributed by atoms with Crippen molar-refractivity contribution in [2.45, 2.75) is 11.4 Å². The van der Waals surface area contributed by atoms with E-state index < -0.39 is 9.84 Å². The van der Waals surface area contributed by atoms with E-state index >= 15 is 0 Å². The number of aromatic nitrogens is 1. The second-order valence-corrected chi connectivity index (χ2v) is 8.34. The predicted octanol–water partition coefficient (Wildman–Crippen LogP) is 3.34. The van der Waals surface area contributed by atoms with Gasteiger partial charge in [-0.3, -0.25) is 0 Å². The van der Waals surface area contributed by atoms with E-state index in [0.717, 1.165) is 26.6 Å². The molecule has 0 atom stereocenters. The molecular weight excluding hydrogens is 328 g/mol. The van der Waals surface area contributed by atoms with Crippen LogP contribution in [0.25, 0.3) is 21.6 Å². The van der Waals surface area contributed by atoms with E-state index in [-0.39, 0.29) is 0 Å². The summed E-state index contributed by atoms with van der Waals surface area (Å²) in [5, 5.41) is 0.825. The number of nitrogens with two attached hydrogens (primary N) is 1. The molecule has 2 N–H and O–H groups in total. The molecule has 1 heterocycles. The number of nitrogens with zero attached hydrogens (tertiary/aromatic N) is 1. The average Bonchev–Trinajstić information content (AvgIpc) is 3.03. The Balaban J connectivity index is 2.20. The monoisotopic (exact) mass is 344 g/mol. The van der Waals surface area contributed by atoms with Gasteiger partial charge >= 0.3 is 0 Å². The van der Waals surface area contributed by atoms with Crippen LogP contribution < -0.4 is 5.73 Å². The Kier molecular flexibility index (Phi) is 4.30. The normalized spacial score (nSPS) is 11.6. The van der Waals surface area contributed by atoms with E-state index in [0.29, 0.717) is 11.4 Å². The SMILES string of the molecule is CS(=O)(=O)c1cc(-c2ccccc2)cc(-c2cnc(CN)s2)c1. The van der Waals surface area contributed by atoms with Gasteiger partial charge in [0.15, 0.2) is 9.84 Å². The van der Waals surface area contributed by atoms with Crippen LogP contribution in [-0.4, -0.2) is 19.7 Å². The van der Waals surface area contributed by atoms with E-state index in [1.165, 1.54) is 17.6 Å². The van der Waals surface area contributed by atoms with Crippen molar-refractivity contribution in [3.05, 3.63) is 59.7 Å². The number of rotatable bonds is 4. The molecule has 0 fully saturated rings. The molecule has 3 aromatic rings. The summed E-state index contributed by atoms with van der Waals surface area (Å²) in [6, 6.07) is 15.1. The Morgan fingerprint density at radius 1 is 1.04 bits per heavy atom. The van der Waals surface area contributed by atoms with Crippen LogP contribution in [0.1, 0.15) is 5.01 Å². The molecule has 0 unspecified atom stereocenters. The molecule has 118 valence electrons.